The first-order chi connectivity index (χ1) is 10.6. The van der Waals surface area contributed by atoms with Crippen LogP contribution in [0.25, 0.3) is 0 Å². The Hall–Kier alpha value is -2.37. The molecule has 1 heterocycles. The number of aromatic nitrogens is 3. The number of nitrogens with zero attached hydrogens (tertiary/aromatic N) is 4. The standard InChI is InChI=1S/C16H23N5O/c1-4-10-21-15(17-12-18-21)13(2)19-16(22)20(3)11-14-8-6-5-7-9-14/h5-9,12-13H,4,10-11H2,1-3H3,(H,19,22)/t13-/m1/s1. The number of amides is 2. The van der Waals surface area contributed by atoms with Crippen LogP contribution >= 0.6 is 0 Å². The van der Waals surface area contributed by atoms with Crippen molar-refractivity contribution < 1.29 is 4.79 Å². The molecule has 22 heavy (non-hydrogen) atoms. The molecule has 2 rings (SSSR count). The van der Waals surface area contributed by atoms with Crippen molar-refractivity contribution in [3.8, 4) is 0 Å². The molecule has 0 saturated carbocycles. The molecule has 6 nitrogen and oxygen atoms in total. The maximum atomic E-state index is 12.3. The summed E-state index contributed by atoms with van der Waals surface area (Å²) < 4.78 is 1.84. The number of benzene rings is 1. The summed E-state index contributed by atoms with van der Waals surface area (Å²) >= 11 is 0. The zero-order valence-electron chi connectivity index (χ0n) is 13.4. The third kappa shape index (κ3) is 4.07. The highest BCUT2D eigenvalue weighted by Gasteiger charge is 2.17. The van der Waals surface area contributed by atoms with E-state index in [4.69, 9.17) is 0 Å². The maximum Gasteiger partial charge on any atom is 0.318 e. The van der Waals surface area contributed by atoms with Crippen LogP contribution in [0.5, 0.6) is 0 Å². The van der Waals surface area contributed by atoms with Gasteiger partial charge in [-0.1, -0.05) is 37.3 Å². The highest BCUT2D eigenvalue weighted by atomic mass is 16.2. The first kappa shape index (κ1) is 16.0. The van der Waals surface area contributed by atoms with E-state index in [1.807, 2.05) is 41.9 Å². The van der Waals surface area contributed by atoms with Gasteiger partial charge in [0, 0.05) is 20.1 Å². The number of carbonyl (C=O) groups is 1. The number of hydrogen-bond donors (Lipinski definition) is 1. The average molecular weight is 301 g/mol. The van der Waals surface area contributed by atoms with Crippen LogP contribution in [0.4, 0.5) is 4.79 Å². The Bertz CT molecular complexity index is 596. The van der Waals surface area contributed by atoms with Crippen LogP contribution in [0.1, 0.15) is 37.7 Å². The van der Waals surface area contributed by atoms with Crippen LogP contribution in [-0.4, -0.2) is 32.7 Å². The van der Waals surface area contributed by atoms with Crippen LogP contribution in [0.3, 0.4) is 0 Å². The lowest BCUT2D eigenvalue weighted by molar-refractivity contribution is 0.202. The monoisotopic (exact) mass is 301 g/mol. The van der Waals surface area contributed by atoms with Crippen molar-refractivity contribution >= 4 is 6.03 Å². The van der Waals surface area contributed by atoms with Gasteiger partial charge in [-0.3, -0.25) is 0 Å². The van der Waals surface area contributed by atoms with Crippen LogP contribution in [0.15, 0.2) is 36.7 Å². The second kappa shape index (κ2) is 7.59. The predicted octanol–water partition coefficient (Wildman–Crippen LogP) is 2.59. The molecule has 0 spiro atoms. The van der Waals surface area contributed by atoms with Gasteiger partial charge in [0.2, 0.25) is 0 Å². The molecule has 0 aliphatic rings. The molecule has 118 valence electrons. The summed E-state index contributed by atoms with van der Waals surface area (Å²) in [4.78, 5) is 18.2. The lowest BCUT2D eigenvalue weighted by Crippen LogP contribution is -2.39. The first-order valence-corrected chi connectivity index (χ1v) is 7.55. The summed E-state index contributed by atoms with van der Waals surface area (Å²) in [5, 5.41) is 7.15. The molecule has 0 aliphatic heterocycles. The summed E-state index contributed by atoms with van der Waals surface area (Å²) in [6, 6.07) is 9.61. The van der Waals surface area contributed by atoms with Crippen LogP contribution < -0.4 is 5.32 Å². The molecule has 6 heteroatoms. The third-order valence-corrected chi connectivity index (χ3v) is 3.42. The van der Waals surface area contributed by atoms with Gasteiger partial charge in [-0.25, -0.2) is 14.5 Å². The van der Waals surface area contributed by atoms with Crippen molar-refractivity contribution in [2.24, 2.45) is 0 Å². The van der Waals surface area contributed by atoms with Crippen molar-refractivity contribution in [1.29, 1.82) is 0 Å². The summed E-state index contributed by atoms with van der Waals surface area (Å²) in [5.74, 6) is 0.781. The van der Waals surface area contributed by atoms with Gasteiger partial charge < -0.3 is 10.2 Å². The van der Waals surface area contributed by atoms with Crippen molar-refractivity contribution in [2.75, 3.05) is 7.05 Å². The normalized spacial score (nSPS) is 12.0. The fourth-order valence-corrected chi connectivity index (χ4v) is 2.28. The van der Waals surface area contributed by atoms with Gasteiger partial charge >= 0.3 is 6.03 Å². The van der Waals surface area contributed by atoms with E-state index < -0.39 is 0 Å². The minimum absolute atomic E-state index is 0.123. The molecular formula is C16H23N5O. The number of hydrogen-bond acceptors (Lipinski definition) is 3. The number of carbonyl (C=O) groups excluding carboxylic acids is 1. The molecule has 0 bridgehead atoms. The van der Waals surface area contributed by atoms with E-state index in [2.05, 4.69) is 22.3 Å². The van der Waals surface area contributed by atoms with Crippen LogP contribution in [0, 0.1) is 0 Å². The van der Waals surface area contributed by atoms with Gasteiger partial charge in [-0.2, -0.15) is 5.10 Å². The zero-order chi connectivity index (χ0) is 15.9. The third-order valence-electron chi connectivity index (χ3n) is 3.42. The number of aryl methyl sites for hydroxylation is 1. The van der Waals surface area contributed by atoms with Gasteiger partial charge in [-0.15, -0.1) is 0 Å². The van der Waals surface area contributed by atoms with Gasteiger partial charge in [-0.05, 0) is 18.9 Å². The summed E-state index contributed by atoms with van der Waals surface area (Å²) in [6.45, 7) is 5.38. The molecule has 2 amide bonds. The quantitative estimate of drug-likeness (QED) is 0.892. The predicted molar refractivity (Wildman–Crippen MR) is 85.2 cm³/mol. The van der Waals surface area contributed by atoms with E-state index in [9.17, 15) is 4.79 Å². The van der Waals surface area contributed by atoms with E-state index in [1.165, 1.54) is 6.33 Å². The lowest BCUT2D eigenvalue weighted by atomic mass is 10.2. The van der Waals surface area contributed by atoms with Gasteiger partial charge in [0.05, 0.1) is 6.04 Å². The van der Waals surface area contributed by atoms with E-state index >= 15 is 0 Å². The Balaban J connectivity index is 1.94. The van der Waals surface area contributed by atoms with Gasteiger partial charge in [0.1, 0.15) is 12.2 Å². The molecule has 2 aromatic rings. The average Bonchev–Trinajstić information content (AvgIpc) is 2.97. The fraction of sp³-hybridized carbons (Fsp3) is 0.438. The Labute approximate surface area is 131 Å². The highest BCUT2D eigenvalue weighted by Crippen LogP contribution is 2.10. The Morgan fingerprint density at radius 1 is 1.36 bits per heavy atom. The van der Waals surface area contributed by atoms with Gasteiger partial charge in [0.15, 0.2) is 0 Å². The SMILES string of the molecule is CCCn1ncnc1[C@@H](C)NC(=O)N(C)Cc1ccccc1. The van der Waals surface area contributed by atoms with Crippen molar-refractivity contribution in [1.82, 2.24) is 25.0 Å². The highest BCUT2D eigenvalue weighted by molar-refractivity contribution is 5.74. The van der Waals surface area contributed by atoms with Crippen molar-refractivity contribution in [2.45, 2.75) is 39.4 Å². The Morgan fingerprint density at radius 3 is 2.77 bits per heavy atom. The largest absolute Gasteiger partial charge is 0.328 e. The van der Waals surface area contributed by atoms with Gasteiger partial charge in [0.25, 0.3) is 0 Å². The van der Waals surface area contributed by atoms with Crippen molar-refractivity contribution in [3.05, 3.63) is 48.0 Å². The molecule has 0 unspecified atom stereocenters. The Morgan fingerprint density at radius 2 is 2.09 bits per heavy atom. The topological polar surface area (TPSA) is 63.1 Å². The van der Waals surface area contributed by atoms with E-state index in [0.29, 0.717) is 6.54 Å². The number of urea groups is 1. The lowest BCUT2D eigenvalue weighted by Gasteiger charge is -2.21. The molecule has 1 atom stereocenters. The summed E-state index contributed by atoms with van der Waals surface area (Å²) in [5.41, 5.74) is 1.10. The van der Waals surface area contributed by atoms with E-state index in [1.54, 1.807) is 11.9 Å². The second-order valence-electron chi connectivity index (χ2n) is 5.35. The molecule has 1 N–H and O–H groups in total. The first-order valence-electron chi connectivity index (χ1n) is 7.55. The van der Waals surface area contributed by atoms with E-state index in [-0.39, 0.29) is 12.1 Å². The van der Waals surface area contributed by atoms with Crippen LogP contribution in [0.2, 0.25) is 0 Å². The van der Waals surface area contributed by atoms with Crippen LogP contribution in [-0.2, 0) is 13.1 Å². The minimum Gasteiger partial charge on any atom is -0.328 e. The van der Waals surface area contributed by atoms with E-state index in [0.717, 1.165) is 24.4 Å². The van der Waals surface area contributed by atoms with Crippen molar-refractivity contribution in [3.63, 3.8) is 0 Å². The molecule has 0 radical (unpaired) electrons. The zero-order valence-corrected chi connectivity index (χ0v) is 13.4. The fourth-order valence-electron chi connectivity index (χ4n) is 2.28. The minimum atomic E-state index is -0.181. The number of nitrogens with one attached hydrogen (secondary N) is 1. The summed E-state index contributed by atoms with van der Waals surface area (Å²) in [6.07, 6.45) is 2.51. The molecule has 0 fully saturated rings. The number of rotatable bonds is 6. The smallest absolute Gasteiger partial charge is 0.318 e. The molecular weight excluding hydrogens is 278 g/mol. The maximum absolute atomic E-state index is 12.3. The molecule has 0 aliphatic carbocycles. The summed E-state index contributed by atoms with van der Waals surface area (Å²) in [7, 11) is 1.78. The molecule has 0 saturated heterocycles. The molecule has 1 aromatic heterocycles. The Kier molecular flexibility index (Phi) is 5.52. The molecule has 1 aromatic carbocycles. The second-order valence-corrected chi connectivity index (χ2v) is 5.35.